The monoisotopic (exact) mass is 261 g/mol. The summed E-state index contributed by atoms with van der Waals surface area (Å²) < 4.78 is 0. The Balaban J connectivity index is 1.95. The van der Waals surface area contributed by atoms with Crippen molar-refractivity contribution < 1.29 is 0 Å². The molecule has 1 aliphatic heterocycles. The van der Waals surface area contributed by atoms with E-state index in [0.29, 0.717) is 5.92 Å². The second kappa shape index (κ2) is 4.48. The minimum Gasteiger partial charge on any atom is -0.323 e. The van der Waals surface area contributed by atoms with E-state index in [9.17, 15) is 0 Å². The van der Waals surface area contributed by atoms with Crippen LogP contribution in [-0.2, 0) is 0 Å². The molecule has 2 atom stereocenters. The largest absolute Gasteiger partial charge is 0.323 e. The first-order valence-corrected chi connectivity index (χ1v) is 7.65. The van der Waals surface area contributed by atoms with E-state index in [4.69, 9.17) is 5.73 Å². The summed E-state index contributed by atoms with van der Waals surface area (Å²) in [5, 5.41) is 2.14. The third kappa shape index (κ3) is 1.92. The average Bonchev–Trinajstić information content (AvgIpc) is 2.94. The summed E-state index contributed by atoms with van der Waals surface area (Å²) in [6.07, 6.45) is 0. The fourth-order valence-electron chi connectivity index (χ4n) is 2.39. The van der Waals surface area contributed by atoms with Crippen LogP contribution < -0.4 is 5.73 Å². The fourth-order valence-corrected chi connectivity index (χ4v) is 4.69. The van der Waals surface area contributed by atoms with Crippen LogP contribution in [0.1, 0.15) is 28.0 Å². The third-order valence-corrected chi connectivity index (χ3v) is 5.70. The maximum Gasteiger partial charge on any atom is 0.0470 e. The zero-order valence-electron chi connectivity index (χ0n) is 9.72. The molecule has 2 N–H and O–H groups in total. The molecule has 88 valence electrons. The van der Waals surface area contributed by atoms with Gasteiger partial charge in [-0.2, -0.15) is 0 Å². The molecular weight excluding hydrogens is 246 g/mol. The molecule has 2 aromatic rings. The number of aryl methyl sites for hydroxylation is 1. The van der Waals surface area contributed by atoms with Crippen molar-refractivity contribution in [2.75, 3.05) is 5.75 Å². The Morgan fingerprint density at radius 2 is 2.12 bits per heavy atom. The smallest absolute Gasteiger partial charge is 0.0470 e. The second-order valence-corrected chi connectivity index (χ2v) is 6.46. The van der Waals surface area contributed by atoms with Gasteiger partial charge >= 0.3 is 0 Å². The molecule has 1 aromatic heterocycles. The van der Waals surface area contributed by atoms with Crippen LogP contribution in [0, 0.1) is 6.92 Å². The Hall–Kier alpha value is -0.770. The van der Waals surface area contributed by atoms with E-state index >= 15 is 0 Å². The standard InChI is InChI=1S/C14H15NS2/c1-9-6-7-16-14(9)13(15)11-8-17-12-5-3-2-4-10(11)12/h2-7,11,13H,8,15H2,1H3. The highest BCUT2D eigenvalue weighted by molar-refractivity contribution is 7.99. The topological polar surface area (TPSA) is 26.0 Å². The zero-order chi connectivity index (χ0) is 11.8. The van der Waals surface area contributed by atoms with Gasteiger partial charge in [0.25, 0.3) is 0 Å². The SMILES string of the molecule is Cc1ccsc1C(N)C1CSc2ccccc21. The second-order valence-electron chi connectivity index (χ2n) is 4.45. The summed E-state index contributed by atoms with van der Waals surface area (Å²) in [5.41, 5.74) is 9.22. The van der Waals surface area contributed by atoms with E-state index in [-0.39, 0.29) is 6.04 Å². The lowest BCUT2D eigenvalue weighted by Gasteiger charge is -2.19. The summed E-state index contributed by atoms with van der Waals surface area (Å²) in [6, 6.07) is 11.0. The molecule has 0 aliphatic carbocycles. The number of benzene rings is 1. The van der Waals surface area contributed by atoms with Gasteiger partial charge in [-0.3, -0.25) is 0 Å². The molecule has 0 saturated heterocycles. The van der Waals surface area contributed by atoms with Crippen molar-refractivity contribution in [2.24, 2.45) is 5.73 Å². The molecule has 1 aliphatic rings. The summed E-state index contributed by atoms with van der Waals surface area (Å²) in [7, 11) is 0. The van der Waals surface area contributed by atoms with E-state index in [2.05, 4.69) is 42.6 Å². The van der Waals surface area contributed by atoms with Crippen LogP contribution in [0.2, 0.25) is 0 Å². The lowest BCUT2D eigenvalue weighted by molar-refractivity contribution is 0.614. The molecule has 0 spiro atoms. The Kier molecular flexibility index (Phi) is 2.99. The van der Waals surface area contributed by atoms with Gasteiger partial charge in [0.15, 0.2) is 0 Å². The lowest BCUT2D eigenvalue weighted by atomic mass is 9.92. The van der Waals surface area contributed by atoms with Crippen LogP contribution in [0.15, 0.2) is 40.6 Å². The molecule has 1 aromatic carbocycles. The summed E-state index contributed by atoms with van der Waals surface area (Å²) >= 11 is 3.72. The van der Waals surface area contributed by atoms with Gasteiger partial charge in [0.05, 0.1) is 0 Å². The van der Waals surface area contributed by atoms with Crippen molar-refractivity contribution in [3.63, 3.8) is 0 Å². The fraction of sp³-hybridized carbons (Fsp3) is 0.286. The van der Waals surface area contributed by atoms with Gasteiger partial charge < -0.3 is 5.73 Å². The van der Waals surface area contributed by atoms with Crippen LogP contribution in [-0.4, -0.2) is 5.75 Å². The van der Waals surface area contributed by atoms with Gasteiger partial charge in [0, 0.05) is 27.5 Å². The maximum atomic E-state index is 6.46. The molecular formula is C14H15NS2. The number of fused-ring (bicyclic) bond motifs is 1. The Labute approximate surface area is 110 Å². The van der Waals surface area contributed by atoms with Gasteiger partial charge in [0.1, 0.15) is 0 Å². The van der Waals surface area contributed by atoms with Crippen LogP contribution >= 0.6 is 23.1 Å². The van der Waals surface area contributed by atoms with Gasteiger partial charge in [-0.05, 0) is 35.6 Å². The molecule has 0 bridgehead atoms. The number of hydrogen-bond acceptors (Lipinski definition) is 3. The van der Waals surface area contributed by atoms with Crippen LogP contribution in [0.25, 0.3) is 0 Å². The minimum absolute atomic E-state index is 0.145. The molecule has 2 heterocycles. The normalized spacial score (nSPS) is 20.2. The Morgan fingerprint density at radius 3 is 2.88 bits per heavy atom. The quantitative estimate of drug-likeness (QED) is 0.886. The first-order chi connectivity index (χ1) is 8.27. The highest BCUT2D eigenvalue weighted by atomic mass is 32.2. The van der Waals surface area contributed by atoms with Gasteiger partial charge in [-0.1, -0.05) is 18.2 Å². The van der Waals surface area contributed by atoms with E-state index < -0.39 is 0 Å². The summed E-state index contributed by atoms with van der Waals surface area (Å²) in [5.74, 6) is 1.58. The third-order valence-electron chi connectivity index (χ3n) is 3.37. The zero-order valence-corrected chi connectivity index (χ0v) is 11.4. The summed E-state index contributed by atoms with van der Waals surface area (Å²) in [4.78, 5) is 2.74. The van der Waals surface area contributed by atoms with Crippen molar-refractivity contribution in [3.05, 3.63) is 51.7 Å². The average molecular weight is 261 g/mol. The number of rotatable bonds is 2. The number of thiophene rings is 1. The van der Waals surface area contributed by atoms with E-state index in [0.717, 1.165) is 5.75 Å². The predicted molar refractivity (Wildman–Crippen MR) is 75.9 cm³/mol. The highest BCUT2D eigenvalue weighted by Crippen LogP contribution is 2.45. The first-order valence-electron chi connectivity index (χ1n) is 5.78. The van der Waals surface area contributed by atoms with Crippen molar-refractivity contribution in [2.45, 2.75) is 23.8 Å². The molecule has 0 fully saturated rings. The van der Waals surface area contributed by atoms with Crippen molar-refractivity contribution >= 4 is 23.1 Å². The molecule has 3 rings (SSSR count). The maximum absolute atomic E-state index is 6.46. The van der Waals surface area contributed by atoms with Crippen LogP contribution in [0.3, 0.4) is 0 Å². The molecule has 17 heavy (non-hydrogen) atoms. The van der Waals surface area contributed by atoms with E-state index in [1.54, 1.807) is 11.3 Å². The minimum atomic E-state index is 0.145. The van der Waals surface area contributed by atoms with Crippen molar-refractivity contribution in [1.82, 2.24) is 0 Å². The first kappa shape index (κ1) is 11.3. The number of thioether (sulfide) groups is 1. The van der Waals surface area contributed by atoms with Crippen LogP contribution in [0.5, 0.6) is 0 Å². The van der Waals surface area contributed by atoms with E-state index in [1.165, 1.54) is 20.9 Å². The van der Waals surface area contributed by atoms with Gasteiger partial charge in [0.2, 0.25) is 0 Å². The van der Waals surface area contributed by atoms with Crippen LogP contribution in [0.4, 0.5) is 0 Å². The van der Waals surface area contributed by atoms with E-state index in [1.807, 2.05) is 11.8 Å². The molecule has 0 radical (unpaired) electrons. The van der Waals surface area contributed by atoms with Crippen molar-refractivity contribution in [1.29, 1.82) is 0 Å². The highest BCUT2D eigenvalue weighted by Gasteiger charge is 2.30. The van der Waals surface area contributed by atoms with Gasteiger partial charge in [-0.25, -0.2) is 0 Å². The van der Waals surface area contributed by atoms with Gasteiger partial charge in [-0.15, -0.1) is 23.1 Å². The number of hydrogen-bond donors (Lipinski definition) is 1. The Morgan fingerprint density at radius 1 is 1.29 bits per heavy atom. The predicted octanol–water partition coefficient (Wildman–Crippen LogP) is 3.95. The molecule has 0 amide bonds. The lowest BCUT2D eigenvalue weighted by Crippen LogP contribution is -2.19. The Bertz CT molecular complexity index is 533. The number of nitrogens with two attached hydrogens (primary N) is 1. The van der Waals surface area contributed by atoms with Crippen molar-refractivity contribution in [3.8, 4) is 0 Å². The summed E-state index contributed by atoms with van der Waals surface area (Å²) in [6.45, 7) is 2.15. The molecule has 0 saturated carbocycles. The molecule has 3 heteroatoms. The molecule has 2 unspecified atom stereocenters. The molecule has 1 nitrogen and oxygen atoms in total.